The molecule has 0 fully saturated rings. The number of aromatic nitrogens is 8. The van der Waals surface area contributed by atoms with E-state index in [1.165, 1.54) is 49.3 Å². The summed E-state index contributed by atoms with van der Waals surface area (Å²) in [5, 5.41) is 2.44. The van der Waals surface area contributed by atoms with Gasteiger partial charge in [-0.05, 0) is 100 Å². The Morgan fingerprint density at radius 3 is 1.68 bits per heavy atom. The zero-order valence-electron chi connectivity index (χ0n) is 31.0. The van der Waals surface area contributed by atoms with Gasteiger partial charge in [0.15, 0.2) is 11.0 Å². The molecule has 10 rings (SSSR count). The number of pyridine rings is 4. The van der Waals surface area contributed by atoms with Gasteiger partial charge in [-0.1, -0.05) is 18.2 Å². The van der Waals surface area contributed by atoms with E-state index >= 15 is 17.6 Å². The van der Waals surface area contributed by atoms with Crippen LogP contribution < -0.4 is 11.1 Å². The van der Waals surface area contributed by atoms with Crippen LogP contribution in [0.4, 0.5) is 17.6 Å². The van der Waals surface area contributed by atoms with Gasteiger partial charge in [0.25, 0.3) is 11.1 Å². The van der Waals surface area contributed by atoms with Crippen molar-refractivity contribution in [3.63, 3.8) is 0 Å². The molecule has 0 N–H and O–H groups in total. The van der Waals surface area contributed by atoms with E-state index in [0.29, 0.717) is 44.2 Å². The van der Waals surface area contributed by atoms with Crippen molar-refractivity contribution in [2.24, 2.45) is 0 Å². The van der Waals surface area contributed by atoms with Crippen molar-refractivity contribution < 1.29 is 17.6 Å². The molecule has 0 spiro atoms. The smallest absolute Gasteiger partial charge is 0.280 e. The molecule has 6 heterocycles. The van der Waals surface area contributed by atoms with Gasteiger partial charge in [-0.2, -0.15) is 0 Å². The lowest BCUT2D eigenvalue weighted by molar-refractivity contribution is 0.541. The van der Waals surface area contributed by atoms with Gasteiger partial charge >= 0.3 is 0 Å². The van der Waals surface area contributed by atoms with Gasteiger partial charge in [0, 0.05) is 64.0 Å². The Morgan fingerprint density at radius 1 is 0.433 bits per heavy atom. The lowest BCUT2D eigenvalue weighted by Crippen LogP contribution is -2.23. The first-order chi connectivity index (χ1) is 29.2. The number of rotatable bonds is 7. The van der Waals surface area contributed by atoms with Gasteiger partial charge in [0.1, 0.15) is 23.3 Å². The van der Waals surface area contributed by atoms with Crippen LogP contribution >= 0.6 is 0 Å². The highest BCUT2D eigenvalue weighted by Crippen LogP contribution is 2.31. The fraction of sp³-hybridized carbons (Fsp3) is 0.0435. The van der Waals surface area contributed by atoms with E-state index in [2.05, 4.69) is 29.9 Å². The molecule has 0 atom stereocenters. The molecular weight excluding hydrogens is 773 g/mol. The van der Waals surface area contributed by atoms with Crippen molar-refractivity contribution in [1.29, 1.82) is 0 Å². The Kier molecular flexibility index (Phi) is 8.74. The van der Waals surface area contributed by atoms with Gasteiger partial charge in [0.05, 0.1) is 42.3 Å². The highest BCUT2D eigenvalue weighted by molar-refractivity contribution is 5.89. The highest BCUT2D eigenvalue weighted by atomic mass is 19.1. The third kappa shape index (κ3) is 6.49. The quantitative estimate of drug-likeness (QED) is 0.147. The summed E-state index contributed by atoms with van der Waals surface area (Å²) in [6.07, 6.45) is 10.4. The van der Waals surface area contributed by atoms with Crippen molar-refractivity contribution in [3.8, 4) is 33.4 Å². The Morgan fingerprint density at radius 2 is 1.00 bits per heavy atom. The van der Waals surface area contributed by atoms with Crippen molar-refractivity contribution >= 4 is 43.7 Å². The summed E-state index contributed by atoms with van der Waals surface area (Å²) in [6.45, 7) is -0.777. The lowest BCUT2D eigenvalue weighted by Gasteiger charge is -2.12. The second-order valence-corrected chi connectivity index (χ2v) is 14.2. The predicted molar refractivity (Wildman–Crippen MR) is 219 cm³/mol. The van der Waals surface area contributed by atoms with Crippen LogP contribution in [0.3, 0.4) is 0 Å². The molecule has 0 saturated carbocycles. The van der Waals surface area contributed by atoms with Crippen molar-refractivity contribution in [1.82, 2.24) is 39.0 Å². The van der Waals surface area contributed by atoms with Crippen LogP contribution in [0.1, 0.15) is 11.1 Å². The molecule has 0 aliphatic carbocycles. The van der Waals surface area contributed by atoms with Gasteiger partial charge in [-0.15, -0.1) is 0 Å². The van der Waals surface area contributed by atoms with Crippen LogP contribution in [0.15, 0.2) is 144 Å². The first-order valence-electron chi connectivity index (χ1n) is 18.5. The topological polar surface area (TPSA) is 121 Å². The number of nitrogens with zero attached hydrogens (tertiary/aromatic N) is 8. The summed E-state index contributed by atoms with van der Waals surface area (Å²) in [6, 6.07) is 24.1. The second-order valence-electron chi connectivity index (χ2n) is 14.2. The fourth-order valence-electron chi connectivity index (χ4n) is 7.32. The molecule has 0 amide bonds. The fourth-order valence-corrected chi connectivity index (χ4v) is 7.32. The number of hydrogen-bond acceptors (Lipinski definition) is 8. The van der Waals surface area contributed by atoms with E-state index in [1.807, 2.05) is 24.3 Å². The standard InChI is InChI=1S/C46H26F4N8O2/c47-36-13-29(25-3-4-28-18-51-9-7-27(28)10-25)14-37(48)35(36)22-58-24-56-42-17-33(20-54-44(42)46(58)60)32-12-31-11-26(5-6-40(31)53-19-32)30-15-38(49)34(39(50)16-30)21-57-23-55-41-2-1-8-52-43(41)45(57)59/h1-20,23-24H,21-22H2. The van der Waals surface area contributed by atoms with E-state index in [0.717, 1.165) is 19.9 Å². The largest absolute Gasteiger partial charge is 0.293 e. The Hall–Kier alpha value is -8.00. The van der Waals surface area contributed by atoms with Crippen LogP contribution in [0.2, 0.25) is 0 Å². The first-order valence-corrected chi connectivity index (χ1v) is 18.5. The minimum Gasteiger partial charge on any atom is -0.293 e. The SMILES string of the molecule is O=c1c2ncccc2ncn1Cc1c(F)cc(-c2ccc3ncc(-c4cnc5c(=O)n(Cc6c(F)cc(-c7ccc8cnccc8c7)cc6F)cnc5c4)cc3c2)cc1F. The lowest BCUT2D eigenvalue weighted by atomic mass is 9.99. The molecule has 4 aromatic carbocycles. The zero-order chi connectivity index (χ0) is 41.1. The molecule has 0 aliphatic heterocycles. The molecule has 0 saturated heterocycles. The van der Waals surface area contributed by atoms with E-state index in [-0.39, 0.29) is 39.8 Å². The van der Waals surface area contributed by atoms with Crippen LogP contribution in [0.5, 0.6) is 0 Å². The Balaban J connectivity index is 0.908. The molecule has 290 valence electrons. The van der Waals surface area contributed by atoms with Gasteiger partial charge < -0.3 is 0 Å². The number of benzene rings is 4. The number of halogens is 4. The molecule has 6 aromatic heterocycles. The molecule has 0 radical (unpaired) electrons. The summed E-state index contributed by atoms with van der Waals surface area (Å²) >= 11 is 0. The molecule has 10 nitrogen and oxygen atoms in total. The molecule has 0 bridgehead atoms. The third-order valence-electron chi connectivity index (χ3n) is 10.5. The predicted octanol–water partition coefficient (Wildman–Crippen LogP) is 8.65. The summed E-state index contributed by atoms with van der Waals surface area (Å²) in [7, 11) is 0. The van der Waals surface area contributed by atoms with Gasteiger partial charge in [-0.25, -0.2) is 37.5 Å². The summed E-state index contributed by atoms with van der Waals surface area (Å²) in [5.41, 5.74) is 2.67. The number of fused-ring (bicyclic) bond motifs is 4. The molecule has 0 aliphatic rings. The van der Waals surface area contributed by atoms with Crippen molar-refractivity contribution in [2.75, 3.05) is 0 Å². The second kappa shape index (κ2) is 14.4. The average Bonchev–Trinajstić information content (AvgIpc) is 3.26. The molecule has 10 aromatic rings. The molecule has 14 heteroatoms. The van der Waals surface area contributed by atoms with E-state index in [4.69, 9.17) is 0 Å². The van der Waals surface area contributed by atoms with Crippen LogP contribution in [0, 0.1) is 23.3 Å². The maximum Gasteiger partial charge on any atom is 0.280 e. The number of hydrogen-bond donors (Lipinski definition) is 0. The minimum atomic E-state index is -0.831. The molecular formula is C46H26F4N8O2. The average molecular weight is 799 g/mol. The van der Waals surface area contributed by atoms with Crippen LogP contribution in [-0.4, -0.2) is 39.0 Å². The van der Waals surface area contributed by atoms with E-state index in [1.54, 1.807) is 61.1 Å². The third-order valence-corrected chi connectivity index (χ3v) is 10.5. The van der Waals surface area contributed by atoms with Crippen molar-refractivity contribution in [3.05, 3.63) is 190 Å². The zero-order valence-corrected chi connectivity index (χ0v) is 31.0. The van der Waals surface area contributed by atoms with Crippen LogP contribution in [0.25, 0.3) is 77.1 Å². The maximum absolute atomic E-state index is 15.5. The van der Waals surface area contributed by atoms with Crippen molar-refractivity contribution in [2.45, 2.75) is 13.1 Å². The normalized spacial score (nSPS) is 11.6. The highest BCUT2D eigenvalue weighted by Gasteiger charge is 2.18. The Bertz CT molecular complexity index is 3470. The maximum atomic E-state index is 15.5. The first kappa shape index (κ1) is 36.3. The van der Waals surface area contributed by atoms with Crippen LogP contribution in [-0.2, 0) is 13.1 Å². The Labute approximate surface area is 335 Å². The van der Waals surface area contributed by atoms with E-state index in [9.17, 15) is 9.59 Å². The molecule has 0 unspecified atom stereocenters. The summed E-state index contributed by atoms with van der Waals surface area (Å²) in [5.74, 6) is -3.27. The summed E-state index contributed by atoms with van der Waals surface area (Å²) < 4.78 is 64.1. The van der Waals surface area contributed by atoms with Gasteiger partial charge in [0.2, 0.25) is 0 Å². The monoisotopic (exact) mass is 798 g/mol. The minimum absolute atomic E-state index is 0.00583. The van der Waals surface area contributed by atoms with Gasteiger partial charge in [-0.3, -0.25) is 28.7 Å². The molecule has 60 heavy (non-hydrogen) atoms. The van der Waals surface area contributed by atoms with E-state index < -0.39 is 40.9 Å². The summed E-state index contributed by atoms with van der Waals surface area (Å²) in [4.78, 5) is 52.1.